The van der Waals surface area contributed by atoms with Crippen molar-refractivity contribution in [2.45, 2.75) is 43.4 Å². The quantitative estimate of drug-likeness (QED) is 0.0465. The summed E-state index contributed by atoms with van der Waals surface area (Å²) in [6, 6.07) is 20.4. The van der Waals surface area contributed by atoms with Gasteiger partial charge in [0, 0.05) is 80.8 Å². The van der Waals surface area contributed by atoms with Crippen LogP contribution in [0.5, 0.6) is 11.5 Å². The number of nitro groups is 1. The molecule has 3 aliphatic rings. The van der Waals surface area contributed by atoms with Gasteiger partial charge in [-0.2, -0.15) is 0 Å². The number of halogens is 1. The molecular weight excluding hydrogens is 834 g/mol. The third-order valence-electron chi connectivity index (χ3n) is 12.2. The zero-order chi connectivity index (χ0) is 43.3. The van der Waals surface area contributed by atoms with Crippen molar-refractivity contribution in [2.75, 3.05) is 76.4 Å². The van der Waals surface area contributed by atoms with Crippen molar-refractivity contribution in [1.29, 1.82) is 0 Å². The Balaban J connectivity index is 0.989. The van der Waals surface area contributed by atoms with Crippen LogP contribution in [0.15, 0.2) is 95.7 Å². The number of hydrogen-bond donors (Lipinski definition) is 3. The first-order chi connectivity index (χ1) is 30.0. The van der Waals surface area contributed by atoms with Gasteiger partial charge in [-0.05, 0) is 97.2 Å². The predicted octanol–water partition coefficient (Wildman–Crippen LogP) is 8.04. The number of ether oxygens (including phenoxy) is 3. The zero-order valence-corrected chi connectivity index (χ0v) is 36.1. The molecule has 15 nitrogen and oxygen atoms in total. The van der Waals surface area contributed by atoms with Gasteiger partial charge in [-0.25, -0.2) is 18.1 Å². The molecule has 3 aromatic carbocycles. The second-order valence-electron chi connectivity index (χ2n) is 16.2. The van der Waals surface area contributed by atoms with E-state index in [1.165, 1.54) is 66.8 Å². The standard InChI is InChI=1S/C45H50ClN7O8S/c1-59-23-24-60-22-17-47-40-10-8-37(27-41(40)53(55)56)62(57,58)50-44(54)38-9-7-35(26-42(38)61-36-25-32-12-16-48-43(32)49-29-36)52-20-18-51(19-21-52)30-33-11-15-45(13-2-14-45)28-39(33)31-3-5-34(46)6-4-31/h3-10,12,16,25-27,29,47H,2,11,13-15,17-24,28,30H2,1H3,(H,48,49)(H,50,54). The Morgan fingerprint density at radius 3 is 2.53 bits per heavy atom. The second-order valence-corrected chi connectivity index (χ2v) is 18.3. The van der Waals surface area contributed by atoms with Crippen LogP contribution in [0.25, 0.3) is 16.6 Å². The van der Waals surface area contributed by atoms with Gasteiger partial charge in [0.2, 0.25) is 0 Å². The number of piperazine rings is 1. The highest BCUT2D eigenvalue weighted by Gasteiger charge is 2.41. The zero-order valence-electron chi connectivity index (χ0n) is 34.5. The molecule has 1 saturated heterocycles. The van der Waals surface area contributed by atoms with E-state index < -0.39 is 31.4 Å². The van der Waals surface area contributed by atoms with E-state index >= 15 is 0 Å². The van der Waals surface area contributed by atoms with Crippen LogP contribution in [-0.2, 0) is 19.5 Å². The number of benzene rings is 3. The first-order valence-corrected chi connectivity index (χ1v) is 22.7. The minimum absolute atomic E-state index is 0.0467. The van der Waals surface area contributed by atoms with Crippen molar-refractivity contribution >= 4 is 61.2 Å². The van der Waals surface area contributed by atoms with Crippen molar-refractivity contribution < 1.29 is 32.3 Å². The first kappa shape index (κ1) is 43.1. The predicted molar refractivity (Wildman–Crippen MR) is 239 cm³/mol. The molecule has 1 amide bonds. The molecule has 62 heavy (non-hydrogen) atoms. The van der Waals surface area contributed by atoms with Gasteiger partial charge in [0.15, 0.2) is 0 Å². The van der Waals surface area contributed by atoms with Gasteiger partial charge in [-0.15, -0.1) is 0 Å². The molecular formula is C45H50ClN7O8S. The lowest BCUT2D eigenvalue weighted by molar-refractivity contribution is -0.384. The van der Waals surface area contributed by atoms with Gasteiger partial charge in [0.1, 0.15) is 22.8 Å². The lowest BCUT2D eigenvalue weighted by Gasteiger charge is -2.47. The van der Waals surface area contributed by atoms with E-state index in [0.717, 1.165) is 67.7 Å². The number of nitro benzene ring substituents is 1. The summed E-state index contributed by atoms with van der Waals surface area (Å²) in [5, 5.41) is 16.4. The number of carbonyl (C=O) groups excluding carboxylic acids is 1. The Morgan fingerprint density at radius 2 is 1.79 bits per heavy atom. The third kappa shape index (κ3) is 9.90. The summed E-state index contributed by atoms with van der Waals surface area (Å²) in [6.45, 7) is 5.27. The molecule has 326 valence electrons. The van der Waals surface area contributed by atoms with Gasteiger partial charge < -0.3 is 29.4 Å². The number of nitrogens with zero attached hydrogens (tertiary/aromatic N) is 4. The number of allylic oxidation sites excluding steroid dienone is 1. The monoisotopic (exact) mass is 883 g/mol. The maximum absolute atomic E-state index is 13.9. The molecule has 17 heteroatoms. The third-order valence-corrected chi connectivity index (χ3v) is 13.8. The summed E-state index contributed by atoms with van der Waals surface area (Å²) < 4.78 is 46.0. The van der Waals surface area contributed by atoms with Crippen LogP contribution in [0.1, 0.15) is 54.4 Å². The highest BCUT2D eigenvalue weighted by molar-refractivity contribution is 7.90. The van der Waals surface area contributed by atoms with E-state index in [1.807, 2.05) is 18.2 Å². The van der Waals surface area contributed by atoms with Crippen LogP contribution in [0, 0.1) is 15.5 Å². The van der Waals surface area contributed by atoms with Crippen LogP contribution >= 0.6 is 11.6 Å². The van der Waals surface area contributed by atoms with Gasteiger partial charge >= 0.3 is 0 Å². The number of hydrogen-bond acceptors (Lipinski definition) is 12. The van der Waals surface area contributed by atoms with Crippen molar-refractivity contribution in [2.24, 2.45) is 5.41 Å². The molecule has 2 aliphatic carbocycles. The first-order valence-electron chi connectivity index (χ1n) is 20.8. The minimum atomic E-state index is -4.57. The van der Waals surface area contributed by atoms with E-state index in [-0.39, 0.29) is 30.2 Å². The number of methoxy groups -OCH3 is 1. The molecule has 1 saturated carbocycles. The Morgan fingerprint density at radius 1 is 0.984 bits per heavy atom. The highest BCUT2D eigenvalue weighted by atomic mass is 35.5. The number of anilines is 2. The largest absolute Gasteiger partial charge is 0.455 e. The van der Waals surface area contributed by atoms with E-state index in [2.05, 4.69) is 41.9 Å². The average molecular weight is 884 g/mol. The fraction of sp³-hybridized carbons (Fsp3) is 0.378. The molecule has 2 fully saturated rings. The number of pyridine rings is 1. The second kappa shape index (κ2) is 18.8. The summed E-state index contributed by atoms with van der Waals surface area (Å²) in [4.78, 5) is 36.9. The van der Waals surface area contributed by atoms with Crippen LogP contribution in [0.3, 0.4) is 0 Å². The van der Waals surface area contributed by atoms with E-state index in [9.17, 15) is 23.3 Å². The maximum Gasteiger partial charge on any atom is 0.293 e. The molecule has 8 rings (SSSR count). The van der Waals surface area contributed by atoms with Crippen LogP contribution in [-0.4, -0.2) is 100 Å². The maximum atomic E-state index is 13.9. The van der Waals surface area contributed by atoms with E-state index in [1.54, 1.807) is 31.5 Å². The van der Waals surface area contributed by atoms with E-state index in [0.29, 0.717) is 30.0 Å². The molecule has 3 N–H and O–H groups in total. The van der Waals surface area contributed by atoms with Crippen molar-refractivity contribution in [1.82, 2.24) is 19.6 Å². The summed E-state index contributed by atoms with van der Waals surface area (Å²) in [7, 11) is -3.02. The Bertz CT molecular complexity index is 2570. The van der Waals surface area contributed by atoms with Crippen molar-refractivity contribution in [3.8, 4) is 11.5 Å². The lowest BCUT2D eigenvalue weighted by Crippen LogP contribution is -2.47. The van der Waals surface area contributed by atoms with Crippen LogP contribution in [0.2, 0.25) is 5.02 Å². The van der Waals surface area contributed by atoms with Crippen molar-refractivity contribution in [3.63, 3.8) is 0 Å². The molecule has 1 spiro atoms. The molecule has 5 aromatic rings. The smallest absolute Gasteiger partial charge is 0.293 e. The van der Waals surface area contributed by atoms with Gasteiger partial charge in [-0.3, -0.25) is 19.8 Å². The number of rotatable bonds is 17. The SMILES string of the molecule is COCCOCCNc1ccc(S(=O)(=O)NC(=O)c2ccc(N3CCN(CC4=C(c5ccc(Cl)cc5)CC5(CCC5)CC4)CC3)cc2Oc2cnc3[nH]ccc3c2)cc1[N+](=O)[O-]. The molecule has 1 aliphatic heterocycles. The van der Waals surface area contributed by atoms with Crippen molar-refractivity contribution in [3.05, 3.63) is 117 Å². The summed E-state index contributed by atoms with van der Waals surface area (Å²) in [6.07, 6.45) is 10.7. The Hall–Kier alpha value is -5.52. The number of carbonyl (C=O) groups is 1. The summed E-state index contributed by atoms with van der Waals surface area (Å²) in [5.74, 6) is -0.497. The molecule has 0 radical (unpaired) electrons. The minimum Gasteiger partial charge on any atom is -0.455 e. The highest BCUT2D eigenvalue weighted by Crippen LogP contribution is 2.55. The Labute approximate surface area is 365 Å². The van der Waals surface area contributed by atoms with Crippen LogP contribution in [0.4, 0.5) is 17.1 Å². The number of amides is 1. The molecule has 0 atom stereocenters. The fourth-order valence-electron chi connectivity index (χ4n) is 8.62. The summed E-state index contributed by atoms with van der Waals surface area (Å²) in [5.41, 5.74) is 5.75. The summed E-state index contributed by atoms with van der Waals surface area (Å²) >= 11 is 6.27. The number of fused-ring (bicyclic) bond motifs is 1. The van der Waals surface area contributed by atoms with Gasteiger partial charge in [-0.1, -0.05) is 35.7 Å². The lowest BCUT2D eigenvalue weighted by atomic mass is 9.59. The number of nitrogens with one attached hydrogen (secondary N) is 3. The number of H-pyrrole nitrogens is 1. The molecule has 2 aromatic heterocycles. The molecule has 0 unspecified atom stereocenters. The number of aromatic nitrogens is 2. The number of aromatic amines is 1. The molecule has 0 bridgehead atoms. The number of sulfonamides is 1. The van der Waals surface area contributed by atoms with Gasteiger partial charge in [0.05, 0.1) is 41.4 Å². The molecule has 3 heterocycles. The van der Waals surface area contributed by atoms with E-state index in [4.69, 9.17) is 25.8 Å². The van der Waals surface area contributed by atoms with Crippen LogP contribution < -0.4 is 19.7 Å². The normalized spacial score (nSPS) is 16.6. The average Bonchev–Trinajstić information content (AvgIpc) is 3.73. The van der Waals surface area contributed by atoms with Gasteiger partial charge in [0.25, 0.3) is 21.6 Å². The topological polar surface area (TPSA) is 181 Å². The fourth-order valence-corrected chi connectivity index (χ4v) is 9.74. The Kier molecular flexibility index (Phi) is 13.1.